The second-order valence-corrected chi connectivity index (χ2v) is 6.07. The molecule has 0 spiro atoms. The Labute approximate surface area is 161 Å². The van der Waals surface area contributed by atoms with Gasteiger partial charge in [0.15, 0.2) is 11.5 Å². The second kappa shape index (κ2) is 7.80. The molecule has 1 heterocycles. The van der Waals surface area contributed by atoms with Gasteiger partial charge in [0.1, 0.15) is 0 Å². The van der Waals surface area contributed by atoms with Crippen molar-refractivity contribution in [2.75, 3.05) is 7.11 Å². The summed E-state index contributed by atoms with van der Waals surface area (Å²) in [6.07, 6.45) is 3.16. The molecule has 0 aliphatic carbocycles. The standard InChI is InChI=1S/C23H17NO4/c1-26-22-13-16(8-11-20(22)28-23(25)21-7-4-12-27-21)15-24-19-10-9-17-5-2-3-6-18(17)14-19/h2-15H,1H3. The van der Waals surface area contributed by atoms with Gasteiger partial charge in [-0.1, -0.05) is 30.3 Å². The molecule has 138 valence electrons. The Bertz CT molecular complexity index is 1150. The smallest absolute Gasteiger partial charge is 0.379 e. The molecule has 28 heavy (non-hydrogen) atoms. The average molecular weight is 371 g/mol. The minimum absolute atomic E-state index is 0.129. The topological polar surface area (TPSA) is 61.0 Å². The first-order valence-corrected chi connectivity index (χ1v) is 8.69. The zero-order valence-electron chi connectivity index (χ0n) is 15.2. The van der Waals surface area contributed by atoms with Crippen molar-refractivity contribution in [1.29, 1.82) is 0 Å². The average Bonchev–Trinajstić information content (AvgIpc) is 3.28. The number of nitrogens with zero attached hydrogens (tertiary/aromatic N) is 1. The molecule has 0 bridgehead atoms. The van der Waals surface area contributed by atoms with E-state index in [0.29, 0.717) is 11.5 Å². The maximum absolute atomic E-state index is 12.0. The molecule has 4 rings (SSSR count). The Kier molecular flexibility index (Phi) is 4.89. The molecule has 0 fully saturated rings. The van der Waals surface area contributed by atoms with Gasteiger partial charge in [-0.25, -0.2) is 4.79 Å². The normalized spacial score (nSPS) is 11.0. The van der Waals surface area contributed by atoms with Crippen LogP contribution in [0.5, 0.6) is 11.5 Å². The predicted octanol–water partition coefficient (Wildman–Crippen LogP) is 5.41. The highest BCUT2D eigenvalue weighted by Gasteiger charge is 2.14. The number of ether oxygens (including phenoxy) is 2. The molecule has 0 unspecified atom stereocenters. The second-order valence-electron chi connectivity index (χ2n) is 6.07. The van der Waals surface area contributed by atoms with Crippen molar-refractivity contribution < 1.29 is 18.7 Å². The van der Waals surface area contributed by atoms with Crippen molar-refractivity contribution in [3.63, 3.8) is 0 Å². The molecule has 0 saturated heterocycles. The Balaban J connectivity index is 1.54. The van der Waals surface area contributed by atoms with E-state index < -0.39 is 5.97 Å². The van der Waals surface area contributed by atoms with Crippen LogP contribution in [-0.4, -0.2) is 19.3 Å². The molecular formula is C23H17NO4. The summed E-state index contributed by atoms with van der Waals surface area (Å²) in [4.78, 5) is 16.6. The Hall–Kier alpha value is -3.86. The molecule has 1 aromatic heterocycles. The summed E-state index contributed by atoms with van der Waals surface area (Å²) < 4.78 is 15.7. The highest BCUT2D eigenvalue weighted by Crippen LogP contribution is 2.29. The van der Waals surface area contributed by atoms with Crippen LogP contribution in [-0.2, 0) is 0 Å². The van der Waals surface area contributed by atoms with E-state index in [9.17, 15) is 4.79 Å². The summed E-state index contributed by atoms with van der Waals surface area (Å²) in [5, 5.41) is 2.31. The monoisotopic (exact) mass is 371 g/mol. The number of carbonyl (C=O) groups is 1. The van der Waals surface area contributed by atoms with E-state index in [1.165, 1.54) is 18.8 Å². The number of furan rings is 1. The van der Waals surface area contributed by atoms with E-state index in [4.69, 9.17) is 13.9 Å². The zero-order chi connectivity index (χ0) is 19.3. The molecule has 5 heteroatoms. The lowest BCUT2D eigenvalue weighted by Crippen LogP contribution is -2.08. The van der Waals surface area contributed by atoms with Gasteiger partial charge in [0, 0.05) is 6.21 Å². The van der Waals surface area contributed by atoms with Gasteiger partial charge < -0.3 is 13.9 Å². The van der Waals surface area contributed by atoms with Crippen molar-refractivity contribution in [3.05, 3.63) is 90.4 Å². The van der Waals surface area contributed by atoms with E-state index in [1.807, 2.05) is 30.3 Å². The maximum Gasteiger partial charge on any atom is 0.379 e. The first kappa shape index (κ1) is 17.5. The number of carbonyl (C=O) groups excluding carboxylic acids is 1. The molecule has 0 aliphatic rings. The summed E-state index contributed by atoms with van der Waals surface area (Å²) >= 11 is 0. The Morgan fingerprint density at radius 2 is 1.79 bits per heavy atom. The van der Waals surface area contributed by atoms with Crippen LogP contribution in [0.25, 0.3) is 10.8 Å². The van der Waals surface area contributed by atoms with Gasteiger partial charge in [-0.05, 0) is 58.8 Å². The lowest BCUT2D eigenvalue weighted by molar-refractivity contribution is 0.0696. The summed E-state index contributed by atoms with van der Waals surface area (Å²) in [7, 11) is 1.52. The first-order valence-electron chi connectivity index (χ1n) is 8.69. The SMILES string of the molecule is COc1cc(C=Nc2ccc3ccccc3c2)ccc1OC(=O)c1ccco1. The van der Waals surface area contributed by atoms with Gasteiger partial charge in [0.25, 0.3) is 0 Å². The fourth-order valence-corrected chi connectivity index (χ4v) is 2.80. The fourth-order valence-electron chi connectivity index (χ4n) is 2.80. The van der Waals surface area contributed by atoms with Crippen molar-refractivity contribution >= 4 is 28.6 Å². The molecule has 0 atom stereocenters. The van der Waals surface area contributed by atoms with E-state index in [1.54, 1.807) is 36.5 Å². The molecule has 3 aromatic carbocycles. The van der Waals surface area contributed by atoms with E-state index >= 15 is 0 Å². The van der Waals surface area contributed by atoms with Crippen molar-refractivity contribution in [2.45, 2.75) is 0 Å². The lowest BCUT2D eigenvalue weighted by Gasteiger charge is -2.09. The van der Waals surface area contributed by atoms with Gasteiger partial charge in [0.2, 0.25) is 5.76 Å². The molecule has 0 aliphatic heterocycles. The van der Waals surface area contributed by atoms with Gasteiger partial charge in [0.05, 0.1) is 19.1 Å². The molecule has 0 saturated carbocycles. The number of hydrogen-bond acceptors (Lipinski definition) is 5. The number of aliphatic imine (C=N–C) groups is 1. The number of fused-ring (bicyclic) bond motifs is 1. The van der Waals surface area contributed by atoms with Crippen LogP contribution < -0.4 is 9.47 Å². The molecule has 0 radical (unpaired) electrons. The third-order valence-corrected chi connectivity index (χ3v) is 4.21. The van der Waals surface area contributed by atoms with E-state index in [0.717, 1.165) is 16.6 Å². The van der Waals surface area contributed by atoms with Crippen LogP contribution in [0.15, 0.2) is 88.5 Å². The first-order chi connectivity index (χ1) is 13.7. The highest BCUT2D eigenvalue weighted by atomic mass is 16.6. The third kappa shape index (κ3) is 3.78. The van der Waals surface area contributed by atoms with Gasteiger partial charge in [-0.2, -0.15) is 0 Å². The number of rotatable bonds is 5. The van der Waals surface area contributed by atoms with Crippen LogP contribution >= 0.6 is 0 Å². The highest BCUT2D eigenvalue weighted by molar-refractivity contribution is 5.90. The van der Waals surface area contributed by atoms with Crippen LogP contribution in [0.3, 0.4) is 0 Å². The Morgan fingerprint density at radius 1 is 0.929 bits per heavy atom. The summed E-state index contributed by atoms with van der Waals surface area (Å²) in [6.45, 7) is 0. The Morgan fingerprint density at radius 3 is 2.57 bits per heavy atom. The van der Waals surface area contributed by atoms with Crippen LogP contribution in [0.1, 0.15) is 16.1 Å². The third-order valence-electron chi connectivity index (χ3n) is 4.21. The van der Waals surface area contributed by atoms with Crippen LogP contribution in [0, 0.1) is 0 Å². The van der Waals surface area contributed by atoms with Gasteiger partial charge >= 0.3 is 5.97 Å². The molecule has 4 aromatic rings. The fraction of sp³-hybridized carbons (Fsp3) is 0.0435. The van der Waals surface area contributed by atoms with Gasteiger partial charge in [-0.3, -0.25) is 4.99 Å². The summed E-state index contributed by atoms with van der Waals surface area (Å²) in [5.74, 6) is 0.291. The van der Waals surface area contributed by atoms with Crippen molar-refractivity contribution in [1.82, 2.24) is 0 Å². The minimum atomic E-state index is -0.583. The largest absolute Gasteiger partial charge is 0.493 e. The van der Waals surface area contributed by atoms with E-state index in [-0.39, 0.29) is 5.76 Å². The van der Waals surface area contributed by atoms with Crippen LogP contribution in [0.2, 0.25) is 0 Å². The minimum Gasteiger partial charge on any atom is -0.493 e. The summed E-state index contributed by atoms with van der Waals surface area (Å²) in [5.41, 5.74) is 1.67. The quantitative estimate of drug-likeness (QED) is 0.267. The van der Waals surface area contributed by atoms with Crippen LogP contribution in [0.4, 0.5) is 5.69 Å². The maximum atomic E-state index is 12.0. The molecule has 0 N–H and O–H groups in total. The number of hydrogen-bond donors (Lipinski definition) is 0. The van der Waals surface area contributed by atoms with Gasteiger partial charge in [-0.15, -0.1) is 0 Å². The van der Waals surface area contributed by atoms with E-state index in [2.05, 4.69) is 17.1 Å². The zero-order valence-corrected chi connectivity index (χ0v) is 15.2. The van der Waals surface area contributed by atoms with Crippen molar-refractivity contribution in [3.8, 4) is 11.5 Å². The number of benzene rings is 3. The molecule has 5 nitrogen and oxygen atoms in total. The predicted molar refractivity (Wildman–Crippen MR) is 108 cm³/mol. The molecular weight excluding hydrogens is 354 g/mol. The lowest BCUT2D eigenvalue weighted by atomic mass is 10.1. The van der Waals surface area contributed by atoms with Crippen molar-refractivity contribution in [2.24, 2.45) is 4.99 Å². The number of esters is 1. The number of methoxy groups -OCH3 is 1. The summed E-state index contributed by atoms with van der Waals surface area (Å²) in [6, 6.07) is 22.6. The molecule has 0 amide bonds.